The van der Waals surface area contributed by atoms with Crippen LogP contribution in [-0.2, 0) is 16.0 Å². The lowest BCUT2D eigenvalue weighted by molar-refractivity contribution is -0.151. The fourth-order valence-corrected chi connectivity index (χ4v) is 3.48. The van der Waals surface area contributed by atoms with E-state index < -0.39 is 0 Å². The normalized spacial score (nSPS) is 25.8. The zero-order chi connectivity index (χ0) is 15.5. The van der Waals surface area contributed by atoms with Gasteiger partial charge in [0.25, 0.3) is 0 Å². The third-order valence-electron chi connectivity index (χ3n) is 4.70. The number of benzene rings is 1. The number of amides is 1. The summed E-state index contributed by atoms with van der Waals surface area (Å²) in [5.74, 6) is 0.335. The Kier molecular flexibility index (Phi) is 4.64. The van der Waals surface area contributed by atoms with Gasteiger partial charge in [-0.2, -0.15) is 0 Å². The van der Waals surface area contributed by atoms with Crippen molar-refractivity contribution in [2.24, 2.45) is 0 Å². The molecule has 120 valence electrons. The Hall–Kier alpha value is -1.59. The van der Waals surface area contributed by atoms with E-state index >= 15 is 0 Å². The number of likely N-dealkylation sites (N-methyl/N-ethyl adjacent to an activating group) is 1. The number of phenolic OH excluding ortho intramolecular Hbond substituents is 1. The molecule has 0 aromatic heterocycles. The molecule has 0 radical (unpaired) electrons. The first-order valence-electron chi connectivity index (χ1n) is 8.08. The Morgan fingerprint density at radius 3 is 3.05 bits per heavy atom. The molecule has 1 N–H and O–H groups in total. The zero-order valence-electron chi connectivity index (χ0n) is 13.1. The number of nitrogens with zero attached hydrogens (tertiary/aromatic N) is 2. The predicted octanol–water partition coefficient (Wildman–Crippen LogP) is 1.26. The van der Waals surface area contributed by atoms with Gasteiger partial charge >= 0.3 is 0 Å². The maximum absolute atomic E-state index is 12.7. The summed E-state index contributed by atoms with van der Waals surface area (Å²) in [6.07, 6.45) is 1.50. The molecule has 22 heavy (non-hydrogen) atoms. The molecule has 3 rings (SSSR count). The summed E-state index contributed by atoms with van der Waals surface area (Å²) >= 11 is 0. The molecule has 2 atom stereocenters. The number of ether oxygens (including phenoxy) is 1. The van der Waals surface area contributed by atoms with Crippen LogP contribution < -0.4 is 0 Å². The lowest BCUT2D eigenvalue weighted by Gasteiger charge is -2.47. The van der Waals surface area contributed by atoms with Crippen molar-refractivity contribution < 1.29 is 14.6 Å². The summed E-state index contributed by atoms with van der Waals surface area (Å²) in [6.45, 7) is 6.40. The van der Waals surface area contributed by atoms with Crippen molar-refractivity contribution in [3.8, 4) is 5.75 Å². The van der Waals surface area contributed by atoms with Gasteiger partial charge in [-0.1, -0.05) is 19.1 Å². The second-order valence-corrected chi connectivity index (χ2v) is 6.09. The number of phenols is 1. The summed E-state index contributed by atoms with van der Waals surface area (Å²) < 4.78 is 5.86. The highest BCUT2D eigenvalue weighted by Crippen LogP contribution is 2.24. The Morgan fingerprint density at radius 2 is 2.27 bits per heavy atom. The van der Waals surface area contributed by atoms with E-state index in [2.05, 4.69) is 11.8 Å². The van der Waals surface area contributed by atoms with Crippen LogP contribution in [0.25, 0.3) is 0 Å². The van der Waals surface area contributed by atoms with E-state index in [0.717, 1.165) is 31.6 Å². The quantitative estimate of drug-likeness (QED) is 0.913. The highest BCUT2D eigenvalue weighted by molar-refractivity contribution is 5.79. The Balaban J connectivity index is 1.70. The van der Waals surface area contributed by atoms with Gasteiger partial charge in [-0.15, -0.1) is 0 Å². The van der Waals surface area contributed by atoms with Crippen molar-refractivity contribution in [1.29, 1.82) is 0 Å². The van der Waals surface area contributed by atoms with Gasteiger partial charge in [0.05, 0.1) is 25.2 Å². The molecule has 2 heterocycles. The molecule has 1 aromatic rings. The fraction of sp³-hybridized carbons (Fsp3) is 0.588. The van der Waals surface area contributed by atoms with Crippen LogP contribution in [0.1, 0.15) is 18.9 Å². The number of piperidine rings is 1. The first-order chi connectivity index (χ1) is 10.7. The molecule has 0 saturated carbocycles. The minimum atomic E-state index is 0.127. The molecule has 0 unspecified atom stereocenters. The SMILES string of the molecule is CCN1CC[C@H]2OCCN(C(=O)Cc3cccc(O)c3)[C@H]2C1. The molecule has 2 aliphatic rings. The predicted molar refractivity (Wildman–Crippen MR) is 83.8 cm³/mol. The highest BCUT2D eigenvalue weighted by Gasteiger charge is 2.38. The summed E-state index contributed by atoms with van der Waals surface area (Å²) in [5, 5.41) is 9.54. The molecule has 1 aromatic carbocycles. The molecular weight excluding hydrogens is 280 g/mol. The van der Waals surface area contributed by atoms with Gasteiger partial charge in [0.2, 0.25) is 5.91 Å². The average molecular weight is 304 g/mol. The number of carbonyl (C=O) groups is 1. The molecule has 5 nitrogen and oxygen atoms in total. The second-order valence-electron chi connectivity index (χ2n) is 6.09. The molecule has 2 saturated heterocycles. The maximum Gasteiger partial charge on any atom is 0.227 e. The number of carbonyl (C=O) groups excluding carboxylic acids is 1. The lowest BCUT2D eigenvalue weighted by Crippen LogP contribution is -2.61. The van der Waals surface area contributed by atoms with Gasteiger partial charge < -0.3 is 19.6 Å². The largest absolute Gasteiger partial charge is 0.508 e. The summed E-state index contributed by atoms with van der Waals surface area (Å²) in [4.78, 5) is 17.1. The van der Waals surface area contributed by atoms with Crippen LogP contribution in [0.3, 0.4) is 0 Å². The van der Waals surface area contributed by atoms with Gasteiger partial charge in [0.1, 0.15) is 5.75 Å². The number of likely N-dealkylation sites (tertiary alicyclic amines) is 1. The lowest BCUT2D eigenvalue weighted by atomic mass is 9.98. The van der Waals surface area contributed by atoms with Gasteiger partial charge in [0.15, 0.2) is 0 Å². The van der Waals surface area contributed by atoms with Crippen LogP contribution in [0.5, 0.6) is 5.75 Å². The molecule has 0 spiro atoms. The van der Waals surface area contributed by atoms with E-state index in [4.69, 9.17) is 4.74 Å². The Bertz CT molecular complexity index is 534. The molecule has 2 fully saturated rings. The van der Waals surface area contributed by atoms with E-state index in [1.165, 1.54) is 0 Å². The van der Waals surface area contributed by atoms with Crippen molar-refractivity contribution >= 4 is 5.91 Å². The number of hydrogen-bond donors (Lipinski definition) is 1. The zero-order valence-corrected chi connectivity index (χ0v) is 13.1. The highest BCUT2D eigenvalue weighted by atomic mass is 16.5. The molecule has 1 amide bonds. The third kappa shape index (κ3) is 3.25. The van der Waals surface area contributed by atoms with E-state index in [9.17, 15) is 9.90 Å². The van der Waals surface area contributed by atoms with E-state index in [-0.39, 0.29) is 23.8 Å². The Labute approximate surface area is 131 Å². The van der Waals surface area contributed by atoms with Crippen molar-refractivity contribution in [2.75, 3.05) is 32.8 Å². The van der Waals surface area contributed by atoms with Gasteiger partial charge in [-0.05, 0) is 30.7 Å². The monoisotopic (exact) mass is 304 g/mol. The topological polar surface area (TPSA) is 53.0 Å². The van der Waals surface area contributed by atoms with Gasteiger partial charge in [-0.25, -0.2) is 0 Å². The minimum Gasteiger partial charge on any atom is -0.508 e. The standard InChI is InChI=1S/C17H24N2O3/c1-2-18-7-6-16-15(12-18)19(8-9-22-16)17(21)11-13-4-3-5-14(20)10-13/h3-5,10,15-16,20H,2,6-9,11-12H2,1H3/t15-,16+/m0/s1. The summed E-state index contributed by atoms with van der Waals surface area (Å²) in [5.41, 5.74) is 0.858. The van der Waals surface area contributed by atoms with Crippen molar-refractivity contribution in [1.82, 2.24) is 9.80 Å². The number of hydrogen-bond acceptors (Lipinski definition) is 4. The fourth-order valence-electron chi connectivity index (χ4n) is 3.48. The minimum absolute atomic E-state index is 0.127. The second kappa shape index (κ2) is 6.67. The third-order valence-corrected chi connectivity index (χ3v) is 4.70. The van der Waals surface area contributed by atoms with Crippen LogP contribution in [0.2, 0.25) is 0 Å². The van der Waals surface area contributed by atoms with Crippen LogP contribution >= 0.6 is 0 Å². The first kappa shape index (κ1) is 15.3. The van der Waals surface area contributed by atoms with Crippen molar-refractivity contribution in [3.05, 3.63) is 29.8 Å². The molecule has 0 aliphatic carbocycles. The first-order valence-corrected chi connectivity index (χ1v) is 8.08. The Morgan fingerprint density at radius 1 is 1.41 bits per heavy atom. The molecule has 5 heteroatoms. The van der Waals surface area contributed by atoms with E-state index in [1.54, 1.807) is 18.2 Å². The number of fused-ring (bicyclic) bond motifs is 1. The van der Waals surface area contributed by atoms with Crippen LogP contribution in [0.4, 0.5) is 0 Å². The summed E-state index contributed by atoms with van der Waals surface area (Å²) in [7, 11) is 0. The van der Waals surface area contributed by atoms with Crippen molar-refractivity contribution in [2.45, 2.75) is 31.9 Å². The number of aromatic hydroxyl groups is 1. The van der Waals surface area contributed by atoms with Crippen LogP contribution in [0.15, 0.2) is 24.3 Å². The number of rotatable bonds is 3. The van der Waals surface area contributed by atoms with E-state index in [1.807, 2.05) is 11.0 Å². The van der Waals surface area contributed by atoms with Crippen molar-refractivity contribution in [3.63, 3.8) is 0 Å². The van der Waals surface area contributed by atoms with E-state index in [0.29, 0.717) is 19.6 Å². The summed E-state index contributed by atoms with van der Waals surface area (Å²) in [6, 6.07) is 7.11. The van der Waals surface area contributed by atoms with Crippen LogP contribution in [0, 0.1) is 0 Å². The molecular formula is C17H24N2O3. The van der Waals surface area contributed by atoms with Gasteiger partial charge in [0, 0.05) is 19.6 Å². The molecule has 0 bridgehead atoms. The number of morpholine rings is 1. The van der Waals surface area contributed by atoms with Gasteiger partial charge in [-0.3, -0.25) is 4.79 Å². The molecule has 2 aliphatic heterocycles. The smallest absolute Gasteiger partial charge is 0.227 e. The maximum atomic E-state index is 12.7. The average Bonchev–Trinajstić information content (AvgIpc) is 2.53. The van der Waals surface area contributed by atoms with Crippen LogP contribution in [-0.4, -0.2) is 65.7 Å².